The Morgan fingerprint density at radius 1 is 1.03 bits per heavy atom. The third-order valence-electron chi connectivity index (χ3n) is 4.75. The molecule has 174 valence electrons. The number of ether oxygens (including phenoxy) is 1. The summed E-state index contributed by atoms with van der Waals surface area (Å²) < 4.78 is 11.3. The van der Waals surface area contributed by atoms with Crippen LogP contribution in [0, 0.1) is 0 Å². The molecule has 0 radical (unpaired) electrons. The fourth-order valence-electron chi connectivity index (χ4n) is 3.08. The molecule has 0 saturated heterocycles. The number of nitrogens with zero attached hydrogens (tertiary/aromatic N) is 2. The summed E-state index contributed by atoms with van der Waals surface area (Å²) in [7, 11) is 0. The van der Waals surface area contributed by atoms with Gasteiger partial charge in [-0.1, -0.05) is 59.5 Å². The van der Waals surface area contributed by atoms with Crippen LogP contribution in [-0.2, 0) is 5.75 Å². The quantitative estimate of drug-likeness (QED) is 0.170. The lowest BCUT2D eigenvalue weighted by Gasteiger charge is -2.05. The maximum atomic E-state index is 12.5. The Kier molecular flexibility index (Phi) is 6.70. The Hall–Kier alpha value is -3.80. The number of hydrogen-bond donors (Lipinski definition) is 1. The van der Waals surface area contributed by atoms with E-state index in [0.717, 1.165) is 17.0 Å². The summed E-state index contributed by atoms with van der Waals surface area (Å²) >= 11 is 3.85. The number of fused-ring (bicyclic) bond motifs is 1. The van der Waals surface area contributed by atoms with E-state index in [4.69, 9.17) is 9.15 Å². The Balaban J connectivity index is 1.19. The van der Waals surface area contributed by atoms with Gasteiger partial charge in [-0.3, -0.25) is 14.9 Å². The lowest BCUT2D eigenvalue weighted by Crippen LogP contribution is -2.14. The molecule has 3 heterocycles. The van der Waals surface area contributed by atoms with Crippen LogP contribution in [-0.4, -0.2) is 22.1 Å². The van der Waals surface area contributed by atoms with Crippen LogP contribution in [0.15, 0.2) is 85.9 Å². The van der Waals surface area contributed by atoms with E-state index >= 15 is 0 Å². The van der Waals surface area contributed by atoms with Crippen molar-refractivity contribution < 1.29 is 18.7 Å². The molecular formula is C24H15N3O5S3. The van der Waals surface area contributed by atoms with E-state index in [0.29, 0.717) is 31.4 Å². The monoisotopic (exact) mass is 521 g/mol. The number of carbonyl (C=O) groups is 2. The van der Waals surface area contributed by atoms with E-state index in [9.17, 15) is 14.4 Å². The van der Waals surface area contributed by atoms with Crippen LogP contribution >= 0.6 is 34.4 Å². The molecule has 0 fully saturated rings. The average Bonchev–Trinajstić information content (AvgIpc) is 3.56. The van der Waals surface area contributed by atoms with Gasteiger partial charge in [-0.25, -0.2) is 4.79 Å². The van der Waals surface area contributed by atoms with E-state index < -0.39 is 11.4 Å². The number of aromatic nitrogens is 2. The average molecular weight is 522 g/mol. The second-order valence-electron chi connectivity index (χ2n) is 7.12. The number of thiophene rings is 1. The molecule has 0 bridgehead atoms. The predicted octanol–water partition coefficient (Wildman–Crippen LogP) is 5.47. The number of hydrogen-bond acceptors (Lipinski definition) is 10. The number of rotatable bonds is 7. The van der Waals surface area contributed by atoms with Gasteiger partial charge in [0.2, 0.25) is 16.3 Å². The molecule has 0 atom stereocenters. The van der Waals surface area contributed by atoms with Crippen molar-refractivity contribution in [3.63, 3.8) is 0 Å². The molecule has 11 heteroatoms. The fourth-order valence-corrected chi connectivity index (χ4v) is 5.34. The van der Waals surface area contributed by atoms with E-state index in [-0.39, 0.29) is 11.7 Å². The summed E-state index contributed by atoms with van der Waals surface area (Å²) in [4.78, 5) is 37.6. The second-order valence-corrected chi connectivity index (χ2v) is 10.3. The van der Waals surface area contributed by atoms with Crippen LogP contribution in [0.3, 0.4) is 0 Å². The molecule has 8 nitrogen and oxygen atoms in total. The zero-order chi connectivity index (χ0) is 24.2. The van der Waals surface area contributed by atoms with E-state index in [1.807, 2.05) is 35.7 Å². The van der Waals surface area contributed by atoms with Gasteiger partial charge in [0.05, 0.1) is 16.2 Å². The lowest BCUT2D eigenvalue weighted by atomic mass is 10.1. The van der Waals surface area contributed by atoms with Crippen LogP contribution in [0.2, 0.25) is 0 Å². The summed E-state index contributed by atoms with van der Waals surface area (Å²) in [5, 5.41) is 14.8. The van der Waals surface area contributed by atoms with Gasteiger partial charge in [-0.15, -0.1) is 21.5 Å². The van der Waals surface area contributed by atoms with E-state index in [1.165, 1.54) is 40.5 Å². The maximum absolute atomic E-state index is 12.5. The zero-order valence-corrected chi connectivity index (χ0v) is 20.2. The van der Waals surface area contributed by atoms with Gasteiger partial charge < -0.3 is 9.15 Å². The van der Waals surface area contributed by atoms with Crippen molar-refractivity contribution in [2.24, 2.45) is 0 Å². The van der Waals surface area contributed by atoms with Crippen molar-refractivity contribution in [3.8, 4) is 5.75 Å². The second kappa shape index (κ2) is 10.2. The highest BCUT2D eigenvalue weighted by atomic mass is 32.2. The third-order valence-corrected chi connectivity index (χ3v) is 7.61. The van der Waals surface area contributed by atoms with Crippen LogP contribution in [0.4, 0.5) is 5.13 Å². The molecule has 1 amide bonds. The molecule has 2 aromatic carbocycles. The minimum absolute atomic E-state index is 0.189. The summed E-state index contributed by atoms with van der Waals surface area (Å²) in [5.74, 6) is -0.387. The molecule has 3 aromatic heterocycles. The van der Waals surface area contributed by atoms with Crippen molar-refractivity contribution >= 4 is 62.2 Å². The number of thioether (sulfide) groups is 1. The molecule has 0 aliphatic carbocycles. The first-order valence-electron chi connectivity index (χ1n) is 10.2. The van der Waals surface area contributed by atoms with Gasteiger partial charge in [-0.2, -0.15) is 0 Å². The molecule has 0 aliphatic heterocycles. The minimum Gasteiger partial charge on any atom is -0.464 e. The molecule has 5 rings (SSSR count). The van der Waals surface area contributed by atoms with Gasteiger partial charge in [0.25, 0.3) is 5.91 Å². The summed E-state index contributed by atoms with van der Waals surface area (Å²) in [6.45, 7) is 0. The third kappa shape index (κ3) is 5.48. The van der Waals surface area contributed by atoms with Crippen LogP contribution in [0.1, 0.15) is 25.8 Å². The Bertz CT molecular complexity index is 1580. The summed E-state index contributed by atoms with van der Waals surface area (Å²) in [5.41, 5.74) is -0.136. The Morgan fingerprint density at radius 3 is 2.69 bits per heavy atom. The molecule has 0 aliphatic rings. The number of esters is 1. The minimum atomic E-state index is -0.642. The van der Waals surface area contributed by atoms with Crippen LogP contribution in [0.5, 0.6) is 5.75 Å². The first kappa shape index (κ1) is 23.0. The smallest absolute Gasteiger partial charge is 0.343 e. The molecule has 0 unspecified atom stereocenters. The molecule has 35 heavy (non-hydrogen) atoms. The maximum Gasteiger partial charge on any atom is 0.343 e. The fraction of sp³-hybridized carbons (Fsp3) is 0.0417. The van der Waals surface area contributed by atoms with Crippen molar-refractivity contribution in [1.82, 2.24) is 10.2 Å². The Morgan fingerprint density at radius 2 is 1.89 bits per heavy atom. The number of nitrogens with one attached hydrogen (secondary N) is 1. The highest BCUT2D eigenvalue weighted by Crippen LogP contribution is 2.29. The van der Waals surface area contributed by atoms with E-state index in [1.54, 1.807) is 24.3 Å². The van der Waals surface area contributed by atoms with Crippen molar-refractivity contribution in [3.05, 3.63) is 98.7 Å². The van der Waals surface area contributed by atoms with Gasteiger partial charge in [0.1, 0.15) is 12.0 Å². The number of carbonyl (C=O) groups excluding carboxylic acids is 2. The highest BCUT2D eigenvalue weighted by Gasteiger charge is 2.15. The molecular weight excluding hydrogens is 506 g/mol. The molecule has 0 saturated carbocycles. The number of amides is 1. The number of benzene rings is 2. The number of anilines is 1. The normalized spacial score (nSPS) is 10.9. The van der Waals surface area contributed by atoms with Crippen molar-refractivity contribution in [2.45, 2.75) is 10.1 Å². The predicted molar refractivity (Wildman–Crippen MR) is 136 cm³/mol. The first-order chi connectivity index (χ1) is 17.0. The largest absolute Gasteiger partial charge is 0.464 e. The summed E-state index contributed by atoms with van der Waals surface area (Å²) in [6.07, 6.45) is 1.13. The highest BCUT2D eigenvalue weighted by molar-refractivity contribution is 8.00. The van der Waals surface area contributed by atoms with Crippen molar-refractivity contribution in [2.75, 3.05) is 5.32 Å². The Labute approximate surface area is 210 Å². The lowest BCUT2D eigenvalue weighted by molar-refractivity contribution is 0.0728. The topological polar surface area (TPSA) is 111 Å². The van der Waals surface area contributed by atoms with Crippen LogP contribution in [0.25, 0.3) is 10.8 Å². The van der Waals surface area contributed by atoms with Crippen molar-refractivity contribution in [1.29, 1.82) is 0 Å². The molecule has 0 spiro atoms. The van der Waals surface area contributed by atoms with Crippen LogP contribution < -0.4 is 15.5 Å². The van der Waals surface area contributed by atoms with Gasteiger partial charge in [0.15, 0.2) is 4.34 Å². The standard InChI is InChI=1S/C24H15N3O5S3/c28-18-11-17(13-34-24-27-26-23(35-24)25-21(29)20-6-3-9-33-20)31-12-19(18)32-22(30)16-8-7-14-4-1-2-5-15(14)10-16/h1-12H,13H2,(H,25,26,29). The first-order valence-corrected chi connectivity index (χ1v) is 12.9. The van der Waals surface area contributed by atoms with Gasteiger partial charge in [-0.05, 0) is 34.4 Å². The summed E-state index contributed by atoms with van der Waals surface area (Å²) in [6, 6.07) is 17.6. The SMILES string of the molecule is O=C(Oc1coc(CSc2nnc(NC(=O)c3cccs3)s2)cc1=O)c1ccc2ccccc2c1. The van der Waals surface area contributed by atoms with Gasteiger partial charge >= 0.3 is 5.97 Å². The zero-order valence-electron chi connectivity index (χ0n) is 17.8. The molecule has 5 aromatic rings. The molecule has 1 N–H and O–H groups in total. The van der Waals surface area contributed by atoms with E-state index in [2.05, 4.69) is 15.5 Å². The van der Waals surface area contributed by atoms with Gasteiger partial charge in [0, 0.05) is 6.07 Å².